The molecule has 1 aliphatic rings. The van der Waals surface area contributed by atoms with Crippen LogP contribution in [0.4, 0.5) is 4.39 Å². The van der Waals surface area contributed by atoms with Crippen molar-refractivity contribution in [3.8, 4) is 0 Å². The van der Waals surface area contributed by atoms with E-state index in [0.717, 1.165) is 11.3 Å². The summed E-state index contributed by atoms with van der Waals surface area (Å²) >= 11 is 1.12. The number of nitrogens with one attached hydrogen (secondary N) is 1. The van der Waals surface area contributed by atoms with Crippen molar-refractivity contribution in [1.82, 2.24) is 15.1 Å². The summed E-state index contributed by atoms with van der Waals surface area (Å²) in [5.41, 5.74) is -0.0694. The van der Waals surface area contributed by atoms with E-state index in [-0.39, 0.29) is 41.5 Å². The van der Waals surface area contributed by atoms with Gasteiger partial charge in [0, 0.05) is 26.2 Å². The van der Waals surface area contributed by atoms with E-state index in [1.54, 1.807) is 23.6 Å². The third-order valence-corrected chi connectivity index (χ3v) is 8.33. The van der Waals surface area contributed by atoms with Crippen LogP contribution >= 0.6 is 11.3 Å². The molecule has 1 aliphatic heterocycles. The number of benzene rings is 2. The molecule has 11 heteroatoms. The maximum atomic E-state index is 14.0. The number of halogens is 1. The van der Waals surface area contributed by atoms with Crippen LogP contribution in [0.2, 0.25) is 0 Å². The standard InChI is InChI=1S/C24H22FN3O5S2/c25-19-10-5-4-9-18(19)23(30)27-12-14-28(15-13-27)24(31)22(26-21(29)20-11-6-16-34-20)35(32,33)17-7-2-1-3-8-17/h1-11,16,22H,12-15H2,(H,26,29). The van der Waals surface area contributed by atoms with Crippen molar-refractivity contribution in [2.24, 2.45) is 0 Å². The fourth-order valence-corrected chi connectivity index (χ4v) is 5.83. The van der Waals surface area contributed by atoms with E-state index in [4.69, 9.17) is 0 Å². The Morgan fingerprint density at radius 1 is 0.857 bits per heavy atom. The van der Waals surface area contributed by atoms with Gasteiger partial charge in [0.05, 0.1) is 15.3 Å². The molecule has 35 heavy (non-hydrogen) atoms. The summed E-state index contributed by atoms with van der Waals surface area (Å²) in [6.45, 7) is 0.259. The first-order valence-corrected chi connectivity index (χ1v) is 13.2. The number of sulfone groups is 1. The van der Waals surface area contributed by atoms with Crippen molar-refractivity contribution in [2.45, 2.75) is 10.3 Å². The van der Waals surface area contributed by atoms with Gasteiger partial charge in [-0.05, 0) is 35.7 Å². The molecule has 0 radical (unpaired) electrons. The number of nitrogens with zero attached hydrogens (tertiary/aromatic N) is 2. The minimum atomic E-state index is -4.26. The van der Waals surface area contributed by atoms with E-state index >= 15 is 0 Å². The molecule has 3 amide bonds. The molecule has 0 aliphatic carbocycles. The summed E-state index contributed by atoms with van der Waals surface area (Å²) in [4.78, 5) is 41.6. The van der Waals surface area contributed by atoms with Crippen LogP contribution in [-0.4, -0.2) is 67.5 Å². The lowest BCUT2D eigenvalue weighted by Crippen LogP contribution is -2.57. The zero-order chi connectivity index (χ0) is 25.0. The summed E-state index contributed by atoms with van der Waals surface area (Å²) in [6.07, 6.45) is 0. The largest absolute Gasteiger partial charge is 0.336 e. The van der Waals surface area contributed by atoms with Gasteiger partial charge in [-0.2, -0.15) is 0 Å². The predicted octanol–water partition coefficient (Wildman–Crippen LogP) is 2.40. The second-order valence-corrected chi connectivity index (χ2v) is 10.8. The van der Waals surface area contributed by atoms with Crippen LogP contribution in [0, 0.1) is 5.82 Å². The van der Waals surface area contributed by atoms with Crippen LogP contribution in [0.15, 0.2) is 77.0 Å². The van der Waals surface area contributed by atoms with Gasteiger partial charge in [-0.3, -0.25) is 14.4 Å². The zero-order valence-electron chi connectivity index (χ0n) is 18.5. The maximum Gasteiger partial charge on any atom is 0.262 e. The molecule has 4 rings (SSSR count). The third kappa shape index (κ3) is 5.25. The lowest BCUT2D eigenvalue weighted by atomic mass is 10.1. The third-order valence-electron chi connectivity index (χ3n) is 5.60. The molecule has 8 nitrogen and oxygen atoms in total. The highest BCUT2D eigenvalue weighted by Crippen LogP contribution is 2.19. The van der Waals surface area contributed by atoms with E-state index in [1.807, 2.05) is 0 Å². The Labute approximate surface area is 205 Å². The number of rotatable bonds is 6. The smallest absolute Gasteiger partial charge is 0.262 e. The van der Waals surface area contributed by atoms with E-state index in [1.165, 1.54) is 58.3 Å². The van der Waals surface area contributed by atoms with Crippen LogP contribution < -0.4 is 5.32 Å². The van der Waals surface area contributed by atoms with Crippen LogP contribution in [0.1, 0.15) is 20.0 Å². The number of carbonyl (C=O) groups is 3. The van der Waals surface area contributed by atoms with Crippen molar-refractivity contribution >= 4 is 38.9 Å². The second-order valence-electron chi connectivity index (χ2n) is 7.79. The Morgan fingerprint density at radius 3 is 2.11 bits per heavy atom. The average molecular weight is 516 g/mol. The predicted molar refractivity (Wildman–Crippen MR) is 128 cm³/mol. The number of thiophene rings is 1. The summed E-state index contributed by atoms with van der Waals surface area (Å²) in [5.74, 6) is -2.61. The highest BCUT2D eigenvalue weighted by molar-refractivity contribution is 7.92. The molecule has 1 N–H and O–H groups in total. The Hall–Kier alpha value is -3.57. The van der Waals surface area contributed by atoms with Crippen molar-refractivity contribution in [2.75, 3.05) is 26.2 Å². The van der Waals surface area contributed by atoms with Crippen molar-refractivity contribution in [3.05, 3.63) is 88.4 Å². The molecule has 0 saturated carbocycles. The fraction of sp³-hybridized carbons (Fsp3) is 0.208. The maximum absolute atomic E-state index is 14.0. The molecule has 3 aromatic rings. The van der Waals surface area contributed by atoms with Gasteiger partial charge >= 0.3 is 0 Å². The van der Waals surface area contributed by atoms with Crippen LogP contribution in [-0.2, 0) is 14.6 Å². The minimum Gasteiger partial charge on any atom is -0.336 e. The number of hydrogen-bond acceptors (Lipinski definition) is 6. The molecule has 1 fully saturated rings. The van der Waals surface area contributed by atoms with E-state index in [2.05, 4.69) is 5.32 Å². The average Bonchev–Trinajstić information content (AvgIpc) is 3.42. The first-order valence-electron chi connectivity index (χ1n) is 10.7. The van der Waals surface area contributed by atoms with E-state index in [0.29, 0.717) is 0 Å². The lowest BCUT2D eigenvalue weighted by molar-refractivity contribution is -0.132. The minimum absolute atomic E-state index is 0.0364. The molecule has 2 heterocycles. The fourth-order valence-electron chi connectivity index (χ4n) is 3.72. The first-order chi connectivity index (χ1) is 16.8. The summed E-state index contributed by atoms with van der Waals surface area (Å²) in [5, 5.41) is 2.22. The topological polar surface area (TPSA) is 104 Å². The van der Waals surface area contributed by atoms with Gasteiger partial charge in [-0.25, -0.2) is 12.8 Å². The number of amides is 3. The molecule has 0 bridgehead atoms. The normalized spacial score (nSPS) is 14.9. The Balaban J connectivity index is 1.53. The molecule has 2 aromatic carbocycles. The molecule has 1 aromatic heterocycles. The summed E-state index contributed by atoms with van der Waals surface area (Å²) < 4.78 is 40.7. The quantitative estimate of drug-likeness (QED) is 0.543. The molecule has 1 atom stereocenters. The van der Waals surface area contributed by atoms with Gasteiger partial charge < -0.3 is 15.1 Å². The van der Waals surface area contributed by atoms with Gasteiger partial charge in [0.25, 0.3) is 17.7 Å². The number of carbonyl (C=O) groups excluding carboxylic acids is 3. The molecule has 0 spiro atoms. The molecule has 182 valence electrons. The molecule has 1 saturated heterocycles. The van der Waals surface area contributed by atoms with Gasteiger partial charge in [0.2, 0.25) is 15.2 Å². The molecular formula is C24H22FN3O5S2. The van der Waals surface area contributed by atoms with Gasteiger partial charge in [-0.15, -0.1) is 11.3 Å². The van der Waals surface area contributed by atoms with Crippen LogP contribution in [0.25, 0.3) is 0 Å². The summed E-state index contributed by atoms with van der Waals surface area (Å²) in [7, 11) is -4.26. The monoisotopic (exact) mass is 515 g/mol. The Bertz CT molecular complexity index is 1320. The van der Waals surface area contributed by atoms with Gasteiger partial charge in [0.1, 0.15) is 5.82 Å². The highest BCUT2D eigenvalue weighted by Gasteiger charge is 2.39. The Kier molecular flexibility index (Phi) is 7.27. The lowest BCUT2D eigenvalue weighted by Gasteiger charge is -2.36. The van der Waals surface area contributed by atoms with E-state index < -0.39 is 38.7 Å². The highest BCUT2D eigenvalue weighted by atomic mass is 32.2. The van der Waals surface area contributed by atoms with Gasteiger partial charge in [0.15, 0.2) is 0 Å². The van der Waals surface area contributed by atoms with Crippen molar-refractivity contribution in [1.29, 1.82) is 0 Å². The first kappa shape index (κ1) is 24.6. The van der Waals surface area contributed by atoms with Crippen LogP contribution in [0.5, 0.6) is 0 Å². The van der Waals surface area contributed by atoms with Crippen LogP contribution in [0.3, 0.4) is 0 Å². The SMILES string of the molecule is O=C(NC(C(=O)N1CCN(C(=O)c2ccccc2F)CC1)S(=O)(=O)c1ccccc1)c1cccs1. The van der Waals surface area contributed by atoms with Crippen molar-refractivity contribution < 1.29 is 27.2 Å². The van der Waals surface area contributed by atoms with Crippen molar-refractivity contribution in [3.63, 3.8) is 0 Å². The number of hydrogen-bond donors (Lipinski definition) is 1. The molecule has 1 unspecified atom stereocenters. The summed E-state index contributed by atoms with van der Waals surface area (Å²) in [6, 6.07) is 16.2. The van der Waals surface area contributed by atoms with E-state index in [9.17, 15) is 27.2 Å². The molecular weight excluding hydrogens is 493 g/mol. The Morgan fingerprint density at radius 2 is 1.49 bits per heavy atom. The van der Waals surface area contributed by atoms with Gasteiger partial charge in [-0.1, -0.05) is 36.4 Å². The number of piperazine rings is 1. The zero-order valence-corrected chi connectivity index (χ0v) is 20.1. The second kappa shape index (κ2) is 10.4.